The molecule has 0 atom stereocenters. The van der Waals surface area contributed by atoms with Crippen molar-refractivity contribution in [3.8, 4) is 5.75 Å². The lowest BCUT2D eigenvalue weighted by Crippen LogP contribution is -2.35. The van der Waals surface area contributed by atoms with Crippen LogP contribution in [-0.4, -0.2) is 5.11 Å². The van der Waals surface area contributed by atoms with E-state index in [9.17, 15) is 5.11 Å². The van der Waals surface area contributed by atoms with Gasteiger partial charge >= 0.3 is 0 Å². The van der Waals surface area contributed by atoms with E-state index in [0.29, 0.717) is 5.75 Å². The van der Waals surface area contributed by atoms with Gasteiger partial charge < -0.3 is 5.11 Å². The molecule has 84 valence electrons. The molecule has 0 aromatic heterocycles. The monoisotopic (exact) mass is 206 g/mol. The van der Waals surface area contributed by atoms with Crippen molar-refractivity contribution in [2.75, 3.05) is 0 Å². The first-order chi connectivity index (χ1) is 6.81. The molecule has 0 spiro atoms. The molecule has 0 saturated carbocycles. The van der Waals surface area contributed by atoms with Crippen LogP contribution in [0.1, 0.15) is 46.6 Å². The van der Waals surface area contributed by atoms with Crippen molar-refractivity contribution in [1.29, 1.82) is 0 Å². The number of rotatable bonds is 3. The summed E-state index contributed by atoms with van der Waals surface area (Å²) in [5, 5.41) is 9.51. The first kappa shape index (κ1) is 12.1. The highest BCUT2D eigenvalue weighted by atomic mass is 16.3. The maximum Gasteiger partial charge on any atom is 0.115 e. The van der Waals surface area contributed by atoms with Crippen LogP contribution in [-0.2, 0) is 5.41 Å². The number of benzene rings is 1. The van der Waals surface area contributed by atoms with Crippen molar-refractivity contribution < 1.29 is 5.11 Å². The summed E-state index contributed by atoms with van der Waals surface area (Å²) < 4.78 is 0. The second kappa shape index (κ2) is 3.88. The number of aromatic hydroxyl groups is 1. The smallest absolute Gasteiger partial charge is 0.115 e. The Balaban J connectivity index is 3.16. The third-order valence-corrected chi connectivity index (χ3v) is 4.14. The minimum atomic E-state index is 0.0699. The molecule has 1 aromatic carbocycles. The third kappa shape index (κ3) is 2.17. The molecule has 0 aliphatic heterocycles. The molecule has 0 radical (unpaired) electrons. The van der Waals surface area contributed by atoms with Crippen LogP contribution in [0.25, 0.3) is 0 Å². The van der Waals surface area contributed by atoms with Crippen molar-refractivity contribution in [2.45, 2.75) is 46.5 Å². The summed E-state index contributed by atoms with van der Waals surface area (Å²) in [6.45, 7) is 11.2. The zero-order chi connectivity index (χ0) is 11.7. The molecular formula is C14H22O. The Hall–Kier alpha value is -0.980. The molecule has 0 fully saturated rings. The third-order valence-electron chi connectivity index (χ3n) is 4.14. The summed E-state index contributed by atoms with van der Waals surface area (Å²) in [5.41, 5.74) is 1.50. The lowest BCUT2D eigenvalue weighted by atomic mass is 9.63. The largest absolute Gasteiger partial charge is 0.508 e. The molecule has 0 amide bonds. The number of hydrogen-bond acceptors (Lipinski definition) is 1. The van der Waals surface area contributed by atoms with Gasteiger partial charge in [0.2, 0.25) is 0 Å². The van der Waals surface area contributed by atoms with E-state index in [-0.39, 0.29) is 10.8 Å². The molecule has 0 unspecified atom stereocenters. The molecule has 1 aromatic rings. The van der Waals surface area contributed by atoms with Gasteiger partial charge in [0.25, 0.3) is 0 Å². The summed E-state index contributed by atoms with van der Waals surface area (Å²) in [7, 11) is 0. The second-order valence-corrected chi connectivity index (χ2v) is 5.41. The van der Waals surface area contributed by atoms with Gasteiger partial charge in [-0.25, -0.2) is 0 Å². The van der Waals surface area contributed by atoms with E-state index in [0.717, 1.165) is 6.42 Å². The molecule has 1 N–H and O–H groups in total. The fraction of sp³-hybridized carbons (Fsp3) is 0.571. The van der Waals surface area contributed by atoms with Crippen molar-refractivity contribution in [3.05, 3.63) is 29.8 Å². The first-order valence-corrected chi connectivity index (χ1v) is 5.61. The minimum absolute atomic E-state index is 0.0699. The van der Waals surface area contributed by atoms with Crippen LogP contribution < -0.4 is 0 Å². The van der Waals surface area contributed by atoms with Crippen LogP contribution in [0, 0.1) is 5.41 Å². The molecular weight excluding hydrogens is 184 g/mol. The number of hydrogen-bond donors (Lipinski definition) is 1. The fourth-order valence-corrected chi connectivity index (χ4v) is 1.73. The van der Waals surface area contributed by atoms with Crippen LogP contribution in [0.3, 0.4) is 0 Å². The van der Waals surface area contributed by atoms with Crippen LogP contribution in [0.2, 0.25) is 0 Å². The summed E-state index contributed by atoms with van der Waals surface area (Å²) in [6, 6.07) is 7.60. The minimum Gasteiger partial charge on any atom is -0.508 e. The van der Waals surface area contributed by atoms with Gasteiger partial charge in [-0.1, -0.05) is 53.2 Å². The zero-order valence-corrected chi connectivity index (χ0v) is 10.5. The Labute approximate surface area is 93.1 Å². The lowest BCUT2D eigenvalue weighted by Gasteiger charge is -2.41. The molecule has 1 nitrogen and oxygen atoms in total. The Bertz CT molecular complexity index is 337. The summed E-state index contributed by atoms with van der Waals surface area (Å²) in [4.78, 5) is 0. The lowest BCUT2D eigenvalue weighted by molar-refractivity contribution is 0.189. The Morgan fingerprint density at radius 2 is 1.73 bits per heavy atom. The van der Waals surface area contributed by atoms with Gasteiger partial charge in [0.05, 0.1) is 0 Å². The molecule has 1 rings (SSSR count). The highest BCUT2D eigenvalue weighted by Crippen LogP contribution is 2.44. The molecule has 0 aliphatic rings. The van der Waals surface area contributed by atoms with Crippen LogP contribution in [0.15, 0.2) is 24.3 Å². The van der Waals surface area contributed by atoms with E-state index in [4.69, 9.17) is 0 Å². The number of phenols is 1. The van der Waals surface area contributed by atoms with E-state index in [1.807, 2.05) is 12.1 Å². The highest BCUT2D eigenvalue weighted by molar-refractivity contribution is 5.33. The number of phenolic OH excluding ortho intramolecular Hbond substituents is 1. The topological polar surface area (TPSA) is 20.2 Å². The van der Waals surface area contributed by atoms with Crippen molar-refractivity contribution in [1.82, 2.24) is 0 Å². The SMILES string of the molecule is CCC(C)(C)C(C)(C)c1cccc(O)c1. The normalized spacial score (nSPS) is 12.9. The zero-order valence-electron chi connectivity index (χ0n) is 10.5. The van der Waals surface area contributed by atoms with Crippen LogP contribution in [0.5, 0.6) is 5.75 Å². The van der Waals surface area contributed by atoms with Crippen LogP contribution >= 0.6 is 0 Å². The van der Waals surface area contributed by atoms with E-state index < -0.39 is 0 Å². The highest BCUT2D eigenvalue weighted by Gasteiger charge is 2.36. The van der Waals surface area contributed by atoms with Gasteiger partial charge in [-0.05, 0) is 28.5 Å². The summed E-state index contributed by atoms with van der Waals surface area (Å²) >= 11 is 0. The van der Waals surface area contributed by atoms with E-state index in [1.165, 1.54) is 5.56 Å². The molecule has 1 heteroatoms. The molecule has 0 aliphatic carbocycles. The second-order valence-electron chi connectivity index (χ2n) is 5.41. The predicted octanol–water partition coefficient (Wildman–Crippen LogP) is 4.11. The van der Waals surface area contributed by atoms with Gasteiger partial charge in [0.1, 0.15) is 5.75 Å². The van der Waals surface area contributed by atoms with Gasteiger partial charge in [-0.3, -0.25) is 0 Å². The summed E-state index contributed by atoms with van der Waals surface area (Å²) in [6.07, 6.45) is 1.12. The molecule has 0 heterocycles. The standard InChI is InChI=1S/C14H22O/c1-6-13(2,3)14(4,5)11-8-7-9-12(15)10-11/h7-10,15H,6H2,1-5H3. The van der Waals surface area contributed by atoms with Gasteiger partial charge in [0.15, 0.2) is 0 Å². The predicted molar refractivity (Wildman–Crippen MR) is 65.2 cm³/mol. The van der Waals surface area contributed by atoms with E-state index >= 15 is 0 Å². The van der Waals surface area contributed by atoms with Gasteiger partial charge in [0, 0.05) is 0 Å². The first-order valence-electron chi connectivity index (χ1n) is 5.61. The maximum absolute atomic E-state index is 9.51. The molecule has 0 bridgehead atoms. The van der Waals surface area contributed by atoms with E-state index in [1.54, 1.807) is 6.07 Å². The van der Waals surface area contributed by atoms with Crippen molar-refractivity contribution in [2.24, 2.45) is 5.41 Å². The molecule has 0 saturated heterocycles. The van der Waals surface area contributed by atoms with Gasteiger partial charge in [-0.2, -0.15) is 0 Å². The quantitative estimate of drug-likeness (QED) is 0.789. The van der Waals surface area contributed by atoms with Crippen molar-refractivity contribution in [3.63, 3.8) is 0 Å². The van der Waals surface area contributed by atoms with Gasteiger partial charge in [-0.15, -0.1) is 0 Å². The van der Waals surface area contributed by atoms with Crippen molar-refractivity contribution >= 4 is 0 Å². The average molecular weight is 206 g/mol. The van der Waals surface area contributed by atoms with Crippen LogP contribution in [0.4, 0.5) is 0 Å². The molecule has 15 heavy (non-hydrogen) atoms. The van der Waals surface area contributed by atoms with E-state index in [2.05, 4.69) is 40.7 Å². The average Bonchev–Trinajstić information content (AvgIpc) is 2.17. The Morgan fingerprint density at radius 1 is 1.13 bits per heavy atom. The maximum atomic E-state index is 9.51. The Kier molecular flexibility index (Phi) is 3.13. The fourth-order valence-electron chi connectivity index (χ4n) is 1.73. The summed E-state index contributed by atoms with van der Waals surface area (Å²) in [5.74, 6) is 0.354. The Morgan fingerprint density at radius 3 is 2.20 bits per heavy atom.